The van der Waals surface area contributed by atoms with Gasteiger partial charge in [-0.2, -0.15) is 0 Å². The van der Waals surface area contributed by atoms with Crippen LogP contribution in [0.1, 0.15) is 6.92 Å². The van der Waals surface area contributed by atoms with Crippen molar-refractivity contribution in [3.8, 4) is 0 Å². The number of hydrogen-bond acceptors (Lipinski definition) is 4. The van der Waals surface area contributed by atoms with E-state index in [2.05, 4.69) is 0 Å². The van der Waals surface area contributed by atoms with Gasteiger partial charge in [-0.3, -0.25) is 4.79 Å². The van der Waals surface area contributed by atoms with Gasteiger partial charge in [-0.15, -0.1) is 0 Å². The van der Waals surface area contributed by atoms with E-state index in [9.17, 15) is 4.79 Å². The van der Waals surface area contributed by atoms with E-state index in [1.165, 1.54) is 6.92 Å². The highest BCUT2D eigenvalue weighted by Gasteiger charge is 2.37. The first-order valence-corrected chi connectivity index (χ1v) is 6.31. The zero-order valence-electron chi connectivity index (χ0n) is 9.49. The standard InChI is InChI=1S/C8H19NO4Si/c1-8(10)9(2)6-7-14(11-3,12-4)13-5/h6-7H2,1-5H3. The van der Waals surface area contributed by atoms with Crippen LogP contribution < -0.4 is 0 Å². The number of rotatable bonds is 6. The highest BCUT2D eigenvalue weighted by atomic mass is 28.4. The van der Waals surface area contributed by atoms with Gasteiger partial charge in [0.15, 0.2) is 0 Å². The molecule has 0 aromatic heterocycles. The summed E-state index contributed by atoms with van der Waals surface area (Å²) in [6.07, 6.45) is 0. The molecule has 0 aromatic carbocycles. The molecule has 0 aliphatic heterocycles. The predicted molar refractivity (Wildman–Crippen MR) is 54.9 cm³/mol. The van der Waals surface area contributed by atoms with Crippen molar-refractivity contribution in [1.29, 1.82) is 0 Å². The van der Waals surface area contributed by atoms with Gasteiger partial charge in [0.2, 0.25) is 5.91 Å². The van der Waals surface area contributed by atoms with Gasteiger partial charge in [0.05, 0.1) is 0 Å². The van der Waals surface area contributed by atoms with Crippen LogP contribution in [0.3, 0.4) is 0 Å². The maximum atomic E-state index is 10.9. The van der Waals surface area contributed by atoms with Crippen molar-refractivity contribution in [1.82, 2.24) is 4.90 Å². The average Bonchev–Trinajstić information content (AvgIpc) is 2.20. The van der Waals surface area contributed by atoms with Crippen LogP contribution in [0.5, 0.6) is 0 Å². The van der Waals surface area contributed by atoms with E-state index in [-0.39, 0.29) is 5.91 Å². The molecule has 0 radical (unpaired) electrons. The van der Waals surface area contributed by atoms with Crippen LogP contribution in [0.2, 0.25) is 6.04 Å². The van der Waals surface area contributed by atoms with Gasteiger partial charge in [-0.25, -0.2) is 0 Å². The summed E-state index contributed by atoms with van der Waals surface area (Å²) in [6.45, 7) is 2.10. The van der Waals surface area contributed by atoms with Gasteiger partial charge in [0.25, 0.3) is 0 Å². The zero-order chi connectivity index (χ0) is 11.2. The lowest BCUT2D eigenvalue weighted by atomic mass is 10.5. The van der Waals surface area contributed by atoms with Crippen molar-refractivity contribution in [2.45, 2.75) is 13.0 Å². The van der Waals surface area contributed by atoms with Crippen LogP contribution in [0.15, 0.2) is 0 Å². The highest BCUT2D eigenvalue weighted by Crippen LogP contribution is 2.12. The van der Waals surface area contributed by atoms with Gasteiger partial charge in [0.1, 0.15) is 0 Å². The molecule has 0 heterocycles. The van der Waals surface area contributed by atoms with Gasteiger partial charge < -0.3 is 18.2 Å². The quantitative estimate of drug-likeness (QED) is 0.607. The Hall–Kier alpha value is -0.433. The maximum absolute atomic E-state index is 10.9. The van der Waals surface area contributed by atoms with Gasteiger partial charge in [-0.1, -0.05) is 0 Å². The maximum Gasteiger partial charge on any atom is 0.501 e. The second-order valence-electron chi connectivity index (χ2n) is 2.99. The van der Waals surface area contributed by atoms with E-state index in [1.54, 1.807) is 33.3 Å². The summed E-state index contributed by atoms with van der Waals surface area (Å²) < 4.78 is 15.7. The molecule has 0 N–H and O–H groups in total. The summed E-state index contributed by atoms with van der Waals surface area (Å²) in [5, 5.41) is 0. The lowest BCUT2D eigenvalue weighted by Gasteiger charge is -2.26. The molecule has 6 heteroatoms. The fourth-order valence-corrected chi connectivity index (χ4v) is 2.74. The van der Waals surface area contributed by atoms with E-state index < -0.39 is 8.80 Å². The minimum Gasteiger partial charge on any atom is -0.377 e. The second-order valence-corrected chi connectivity index (χ2v) is 6.08. The van der Waals surface area contributed by atoms with Crippen LogP contribution in [0.4, 0.5) is 0 Å². The van der Waals surface area contributed by atoms with Crippen LogP contribution >= 0.6 is 0 Å². The van der Waals surface area contributed by atoms with Gasteiger partial charge >= 0.3 is 8.80 Å². The van der Waals surface area contributed by atoms with E-state index in [4.69, 9.17) is 13.3 Å². The first kappa shape index (κ1) is 13.6. The van der Waals surface area contributed by atoms with Crippen molar-refractivity contribution in [3.05, 3.63) is 0 Å². The number of amides is 1. The number of hydrogen-bond donors (Lipinski definition) is 0. The second kappa shape index (κ2) is 6.13. The monoisotopic (exact) mass is 221 g/mol. The fourth-order valence-electron chi connectivity index (χ4n) is 1.02. The zero-order valence-corrected chi connectivity index (χ0v) is 10.5. The molecule has 0 unspecified atom stereocenters. The van der Waals surface area contributed by atoms with Crippen molar-refractivity contribution in [3.63, 3.8) is 0 Å². The molecule has 0 spiro atoms. The Bertz CT molecular complexity index is 176. The summed E-state index contributed by atoms with van der Waals surface area (Å²) in [7, 11) is 3.91. The van der Waals surface area contributed by atoms with Crippen LogP contribution in [0, 0.1) is 0 Å². The normalized spacial score (nSPS) is 11.5. The third kappa shape index (κ3) is 3.75. The van der Waals surface area contributed by atoms with Crippen molar-refractivity contribution in [2.24, 2.45) is 0 Å². The van der Waals surface area contributed by atoms with E-state index >= 15 is 0 Å². The van der Waals surface area contributed by atoms with E-state index in [1.807, 2.05) is 0 Å². The molecule has 0 fully saturated rings. The van der Waals surface area contributed by atoms with E-state index in [0.717, 1.165) is 0 Å². The summed E-state index contributed by atoms with van der Waals surface area (Å²) in [5.74, 6) is 0.0243. The van der Waals surface area contributed by atoms with Crippen molar-refractivity contribution in [2.75, 3.05) is 34.9 Å². The average molecular weight is 221 g/mol. The summed E-state index contributed by atoms with van der Waals surface area (Å²) in [5.41, 5.74) is 0. The molecule has 0 aliphatic carbocycles. The molecular formula is C8H19NO4Si. The Labute approximate surface area is 86.3 Å². The first-order valence-electron chi connectivity index (χ1n) is 4.38. The highest BCUT2D eigenvalue weighted by molar-refractivity contribution is 6.60. The van der Waals surface area contributed by atoms with Crippen molar-refractivity contribution < 1.29 is 18.1 Å². The molecule has 5 nitrogen and oxygen atoms in total. The Morgan fingerprint density at radius 3 is 1.93 bits per heavy atom. The number of carbonyl (C=O) groups is 1. The third-order valence-corrected chi connectivity index (χ3v) is 4.93. The third-order valence-electron chi connectivity index (χ3n) is 2.22. The molecule has 0 atom stereocenters. The summed E-state index contributed by atoms with van der Waals surface area (Å²) in [6, 6.07) is 0.604. The van der Waals surface area contributed by atoms with Crippen LogP contribution in [-0.2, 0) is 18.1 Å². The first-order chi connectivity index (χ1) is 6.51. The van der Waals surface area contributed by atoms with Crippen LogP contribution in [-0.4, -0.2) is 54.5 Å². The van der Waals surface area contributed by atoms with Gasteiger partial charge in [0, 0.05) is 47.9 Å². The Morgan fingerprint density at radius 1 is 1.21 bits per heavy atom. The molecule has 1 amide bonds. The Morgan fingerprint density at radius 2 is 1.64 bits per heavy atom. The lowest BCUT2D eigenvalue weighted by Crippen LogP contribution is -2.45. The minimum atomic E-state index is -2.52. The molecule has 0 aliphatic rings. The molecule has 0 saturated heterocycles. The van der Waals surface area contributed by atoms with Gasteiger partial charge in [-0.05, 0) is 0 Å². The molecule has 14 heavy (non-hydrogen) atoms. The Kier molecular flexibility index (Phi) is 5.94. The molecule has 0 aromatic rings. The molecule has 0 bridgehead atoms. The Balaban J connectivity index is 4.12. The predicted octanol–water partition coefficient (Wildman–Crippen LogP) is 0.343. The molecule has 0 saturated carbocycles. The van der Waals surface area contributed by atoms with Crippen LogP contribution in [0.25, 0.3) is 0 Å². The molecular weight excluding hydrogens is 202 g/mol. The summed E-state index contributed by atoms with van der Waals surface area (Å²) >= 11 is 0. The number of carbonyl (C=O) groups excluding carboxylic acids is 1. The minimum absolute atomic E-state index is 0.0243. The topological polar surface area (TPSA) is 48.0 Å². The largest absolute Gasteiger partial charge is 0.501 e. The number of nitrogens with zero attached hydrogens (tertiary/aromatic N) is 1. The SMILES string of the molecule is CO[Si](CCN(C)C(C)=O)(OC)OC. The summed E-state index contributed by atoms with van der Waals surface area (Å²) in [4.78, 5) is 12.6. The fraction of sp³-hybridized carbons (Fsp3) is 0.875. The lowest BCUT2D eigenvalue weighted by molar-refractivity contribution is -0.127. The van der Waals surface area contributed by atoms with E-state index in [0.29, 0.717) is 12.6 Å². The smallest absolute Gasteiger partial charge is 0.377 e. The molecule has 84 valence electrons. The molecule has 0 rings (SSSR count). The van der Waals surface area contributed by atoms with Crippen molar-refractivity contribution >= 4 is 14.7 Å².